The van der Waals surface area contributed by atoms with Crippen LogP contribution in [-0.4, -0.2) is 22.3 Å². The van der Waals surface area contributed by atoms with Crippen LogP contribution in [0.1, 0.15) is 11.3 Å². The van der Waals surface area contributed by atoms with Gasteiger partial charge in [-0.1, -0.05) is 12.1 Å². The third kappa shape index (κ3) is 4.66. The molecule has 0 fully saturated rings. The zero-order valence-electron chi connectivity index (χ0n) is 14.1. The average Bonchev–Trinajstić information content (AvgIpc) is 2.95. The maximum atomic E-state index is 13.0. The first kappa shape index (κ1) is 17.6. The second-order valence-electron chi connectivity index (χ2n) is 5.75. The molecule has 1 amide bonds. The number of aromatic nitrogens is 2. The molecule has 5 nitrogen and oxygen atoms in total. The van der Waals surface area contributed by atoms with Gasteiger partial charge in [0.15, 0.2) is 6.61 Å². The first-order valence-corrected chi connectivity index (χ1v) is 7.97. The zero-order valence-corrected chi connectivity index (χ0v) is 14.1. The number of rotatable bonds is 6. The fourth-order valence-corrected chi connectivity index (χ4v) is 2.39. The topological polar surface area (TPSA) is 56.1 Å². The van der Waals surface area contributed by atoms with Crippen molar-refractivity contribution < 1.29 is 18.3 Å². The molecule has 1 aromatic heterocycles. The third-order valence-electron chi connectivity index (χ3n) is 3.60. The minimum atomic E-state index is -0.373. The monoisotopic (exact) mass is 357 g/mol. The summed E-state index contributed by atoms with van der Waals surface area (Å²) >= 11 is 0. The number of aryl methyl sites for hydroxylation is 1. The lowest BCUT2D eigenvalue weighted by molar-refractivity contribution is -0.118. The summed E-state index contributed by atoms with van der Waals surface area (Å²) in [5, 5.41) is 7.07. The van der Waals surface area contributed by atoms with Gasteiger partial charge in [0, 0.05) is 6.07 Å². The van der Waals surface area contributed by atoms with Crippen LogP contribution < -0.4 is 10.1 Å². The molecule has 1 heterocycles. The smallest absolute Gasteiger partial charge is 0.263 e. The normalized spacial score (nSPS) is 10.6. The molecule has 0 aliphatic heterocycles. The minimum absolute atomic E-state index is 0.216. The summed E-state index contributed by atoms with van der Waals surface area (Å²) in [6.07, 6.45) is 0. The van der Waals surface area contributed by atoms with Crippen LogP contribution in [0.5, 0.6) is 5.75 Å². The second-order valence-corrected chi connectivity index (χ2v) is 5.75. The number of nitrogens with zero attached hydrogens (tertiary/aromatic N) is 2. The van der Waals surface area contributed by atoms with Crippen molar-refractivity contribution in [1.29, 1.82) is 0 Å². The molecule has 0 aliphatic rings. The quantitative estimate of drug-likeness (QED) is 0.734. The number of amides is 1. The van der Waals surface area contributed by atoms with Gasteiger partial charge in [0.2, 0.25) is 0 Å². The van der Waals surface area contributed by atoms with Crippen molar-refractivity contribution in [2.75, 3.05) is 11.9 Å². The lowest BCUT2D eigenvalue weighted by Gasteiger charge is -2.10. The zero-order chi connectivity index (χ0) is 18.5. The Morgan fingerprint density at radius 3 is 2.35 bits per heavy atom. The molecule has 0 saturated heterocycles. The Bertz CT molecular complexity index is 890. The van der Waals surface area contributed by atoms with Gasteiger partial charge < -0.3 is 10.1 Å². The summed E-state index contributed by atoms with van der Waals surface area (Å²) in [6, 6.07) is 13.2. The summed E-state index contributed by atoms with van der Waals surface area (Å²) in [5.41, 5.74) is 1.59. The van der Waals surface area contributed by atoms with E-state index < -0.39 is 0 Å². The maximum Gasteiger partial charge on any atom is 0.263 e. The summed E-state index contributed by atoms with van der Waals surface area (Å²) in [4.78, 5) is 12.1. The van der Waals surface area contributed by atoms with E-state index in [9.17, 15) is 13.6 Å². The standard InChI is InChI=1S/C19H17F2N3O2/c1-13-10-18(24(23-13)11-14-2-4-15(20)5-3-14)22-19(25)12-26-17-8-6-16(21)7-9-17/h2-10H,11-12H2,1H3,(H,22,25). The van der Waals surface area contributed by atoms with E-state index in [4.69, 9.17) is 4.74 Å². The first-order chi connectivity index (χ1) is 12.5. The van der Waals surface area contributed by atoms with Gasteiger partial charge in [-0.15, -0.1) is 0 Å². The van der Waals surface area contributed by atoms with Crippen molar-refractivity contribution in [3.05, 3.63) is 77.5 Å². The maximum absolute atomic E-state index is 13.0. The lowest BCUT2D eigenvalue weighted by atomic mass is 10.2. The Morgan fingerprint density at radius 1 is 1.08 bits per heavy atom. The van der Waals surface area contributed by atoms with Gasteiger partial charge in [-0.05, 0) is 48.9 Å². The third-order valence-corrected chi connectivity index (χ3v) is 3.60. The highest BCUT2D eigenvalue weighted by atomic mass is 19.1. The predicted molar refractivity (Wildman–Crippen MR) is 93.0 cm³/mol. The largest absolute Gasteiger partial charge is 0.484 e. The van der Waals surface area contributed by atoms with Crippen LogP contribution in [0.2, 0.25) is 0 Å². The van der Waals surface area contributed by atoms with Gasteiger partial charge in [-0.25, -0.2) is 13.5 Å². The number of nitrogens with one attached hydrogen (secondary N) is 1. The summed E-state index contributed by atoms with van der Waals surface area (Å²) < 4.78 is 32.8. The van der Waals surface area contributed by atoms with Gasteiger partial charge in [0.25, 0.3) is 5.91 Å². The highest BCUT2D eigenvalue weighted by molar-refractivity contribution is 5.91. The molecular formula is C19H17F2N3O2. The number of benzene rings is 2. The molecule has 7 heteroatoms. The van der Waals surface area contributed by atoms with Crippen molar-refractivity contribution in [3.63, 3.8) is 0 Å². The van der Waals surface area contributed by atoms with Crippen LogP contribution in [-0.2, 0) is 11.3 Å². The molecule has 0 spiro atoms. The molecule has 0 aliphatic carbocycles. The minimum Gasteiger partial charge on any atom is -0.484 e. The van der Waals surface area contributed by atoms with Crippen molar-refractivity contribution in [2.24, 2.45) is 0 Å². The molecule has 0 radical (unpaired) electrons. The second kappa shape index (κ2) is 7.77. The molecule has 0 bridgehead atoms. The molecule has 3 rings (SSSR count). The van der Waals surface area contributed by atoms with Crippen LogP contribution in [0.4, 0.5) is 14.6 Å². The Labute approximate surface area is 149 Å². The van der Waals surface area contributed by atoms with E-state index in [1.807, 2.05) is 6.92 Å². The highest BCUT2D eigenvalue weighted by Gasteiger charge is 2.11. The van der Waals surface area contributed by atoms with Gasteiger partial charge in [0.05, 0.1) is 12.2 Å². The molecule has 26 heavy (non-hydrogen) atoms. The Morgan fingerprint density at radius 2 is 1.69 bits per heavy atom. The van der Waals surface area contributed by atoms with Gasteiger partial charge >= 0.3 is 0 Å². The van der Waals surface area contributed by atoms with Crippen molar-refractivity contribution in [2.45, 2.75) is 13.5 Å². The highest BCUT2D eigenvalue weighted by Crippen LogP contribution is 2.14. The number of hydrogen-bond donors (Lipinski definition) is 1. The molecule has 0 atom stereocenters. The molecular weight excluding hydrogens is 340 g/mol. The van der Waals surface area contributed by atoms with Crippen molar-refractivity contribution in [1.82, 2.24) is 9.78 Å². The van der Waals surface area contributed by atoms with E-state index in [0.717, 1.165) is 11.3 Å². The fraction of sp³-hybridized carbons (Fsp3) is 0.158. The first-order valence-electron chi connectivity index (χ1n) is 7.97. The van der Waals surface area contributed by atoms with Crippen LogP contribution in [0.15, 0.2) is 54.6 Å². The van der Waals surface area contributed by atoms with Gasteiger partial charge in [-0.3, -0.25) is 4.79 Å². The van der Waals surface area contributed by atoms with E-state index in [2.05, 4.69) is 10.4 Å². The summed E-state index contributed by atoms with van der Waals surface area (Å²) in [5.74, 6) is -0.134. The molecule has 2 aromatic carbocycles. The van der Waals surface area contributed by atoms with E-state index in [1.165, 1.54) is 36.4 Å². The molecule has 3 aromatic rings. The summed E-state index contributed by atoms with van der Waals surface area (Å²) in [6.45, 7) is 1.99. The van der Waals surface area contributed by atoms with Crippen molar-refractivity contribution in [3.8, 4) is 5.75 Å². The number of hydrogen-bond acceptors (Lipinski definition) is 3. The molecule has 0 saturated carbocycles. The predicted octanol–water partition coefficient (Wildman–Crippen LogP) is 3.54. The van der Waals surface area contributed by atoms with Gasteiger partial charge in [0.1, 0.15) is 23.2 Å². The number of carbonyl (C=O) groups excluding carboxylic acids is 1. The van der Waals surface area contributed by atoms with E-state index >= 15 is 0 Å². The average molecular weight is 357 g/mol. The molecule has 134 valence electrons. The lowest BCUT2D eigenvalue weighted by Crippen LogP contribution is -2.22. The van der Waals surface area contributed by atoms with E-state index in [-0.39, 0.29) is 24.1 Å². The summed E-state index contributed by atoms with van der Waals surface area (Å²) in [7, 11) is 0. The Kier molecular flexibility index (Phi) is 5.26. The van der Waals surface area contributed by atoms with Crippen LogP contribution in [0, 0.1) is 18.6 Å². The van der Waals surface area contributed by atoms with E-state index in [0.29, 0.717) is 18.1 Å². The van der Waals surface area contributed by atoms with Crippen molar-refractivity contribution >= 4 is 11.7 Å². The molecule has 0 unspecified atom stereocenters. The molecule has 1 N–H and O–H groups in total. The van der Waals surface area contributed by atoms with Crippen LogP contribution in [0.3, 0.4) is 0 Å². The fourth-order valence-electron chi connectivity index (χ4n) is 2.39. The number of carbonyl (C=O) groups is 1. The Balaban J connectivity index is 1.62. The van der Waals surface area contributed by atoms with Crippen LogP contribution >= 0.6 is 0 Å². The SMILES string of the molecule is Cc1cc(NC(=O)COc2ccc(F)cc2)n(Cc2ccc(F)cc2)n1. The Hall–Kier alpha value is -3.22. The number of ether oxygens (including phenoxy) is 1. The number of halogens is 2. The van der Waals surface area contributed by atoms with E-state index in [1.54, 1.807) is 22.9 Å². The van der Waals surface area contributed by atoms with Gasteiger partial charge in [-0.2, -0.15) is 5.10 Å². The number of anilines is 1. The van der Waals surface area contributed by atoms with Crippen LogP contribution in [0.25, 0.3) is 0 Å².